The lowest BCUT2D eigenvalue weighted by molar-refractivity contribution is 0.401. The highest BCUT2D eigenvalue weighted by Crippen LogP contribution is 2.37. The predicted molar refractivity (Wildman–Crippen MR) is 206 cm³/mol. The van der Waals surface area contributed by atoms with E-state index in [4.69, 9.17) is 14.4 Å². The van der Waals surface area contributed by atoms with Gasteiger partial charge in [-0.1, -0.05) is 63.4 Å². The van der Waals surface area contributed by atoms with Gasteiger partial charge in [-0.15, -0.1) is 10.2 Å². The predicted octanol–water partition coefficient (Wildman–Crippen LogP) is 10.9. The second-order valence-corrected chi connectivity index (χ2v) is 13.4. The molecule has 0 N–H and O–H groups in total. The van der Waals surface area contributed by atoms with Gasteiger partial charge < -0.3 is 13.6 Å². The maximum absolute atomic E-state index is 6.32. The summed E-state index contributed by atoms with van der Waals surface area (Å²) in [6, 6.07) is 31.6. The van der Waals surface area contributed by atoms with Gasteiger partial charge >= 0.3 is 0 Å². The number of para-hydroxylation sites is 1. The summed E-state index contributed by atoms with van der Waals surface area (Å²) in [7, 11) is 0. The Bertz CT molecular complexity index is 2700. The van der Waals surface area contributed by atoms with Crippen LogP contribution in [-0.4, -0.2) is 34.3 Å². The third-order valence-electron chi connectivity index (χ3n) is 10.5. The summed E-state index contributed by atoms with van der Waals surface area (Å²) in [5, 5.41) is 13.5. The number of imidazole rings is 1. The molecule has 9 aromatic rings. The first-order valence-electron chi connectivity index (χ1n) is 18.1. The third-order valence-corrected chi connectivity index (χ3v) is 10.5. The topological polar surface area (TPSA) is 87.5 Å². The van der Waals surface area contributed by atoms with Crippen molar-refractivity contribution in [3.05, 3.63) is 103 Å². The van der Waals surface area contributed by atoms with Gasteiger partial charge in [-0.25, -0.2) is 4.98 Å². The number of hydrogen-bond donors (Lipinski definition) is 0. The molecule has 0 aliphatic heterocycles. The van der Waals surface area contributed by atoms with Gasteiger partial charge in [0.05, 0.1) is 22.1 Å². The van der Waals surface area contributed by atoms with Crippen LogP contribution in [0.4, 0.5) is 0 Å². The second-order valence-electron chi connectivity index (χ2n) is 13.4. The summed E-state index contributed by atoms with van der Waals surface area (Å²) in [5.74, 6) is 2.55. The van der Waals surface area contributed by atoms with E-state index in [1.54, 1.807) is 0 Å². The standard InChI is InChI=1S/C43H39N7O/c1-4-7-12-27(5-2)26-50-35-16-9-8-13-31(35)34-25-30(21-22-36(34)50)43-48-47-42(51-43)29-19-17-28(18-20-29)41-46-39-32-14-10-23-44-37(32)38-33(15-11-24-45-38)40(39)49(41)6-3/h8-11,13-25,27H,4-7,12,26H2,1-3H3. The lowest BCUT2D eigenvalue weighted by Crippen LogP contribution is -2.10. The lowest BCUT2D eigenvalue weighted by atomic mass is 9.99. The van der Waals surface area contributed by atoms with E-state index in [1.807, 2.05) is 36.7 Å². The van der Waals surface area contributed by atoms with Crippen LogP contribution in [0.5, 0.6) is 0 Å². The number of fused-ring (bicyclic) bond motifs is 9. The van der Waals surface area contributed by atoms with Crippen LogP contribution in [0.1, 0.15) is 46.5 Å². The van der Waals surface area contributed by atoms with Crippen LogP contribution in [0.2, 0.25) is 0 Å². The number of aromatic nitrogens is 7. The highest BCUT2D eigenvalue weighted by Gasteiger charge is 2.21. The first kappa shape index (κ1) is 31.1. The van der Waals surface area contributed by atoms with Gasteiger partial charge in [-0.05, 0) is 79.9 Å². The number of unbranched alkanes of at least 4 members (excludes halogenated alkanes) is 1. The average molecular weight is 670 g/mol. The van der Waals surface area contributed by atoms with Crippen molar-refractivity contribution in [3.8, 4) is 34.3 Å². The van der Waals surface area contributed by atoms with Crippen LogP contribution in [0.25, 0.3) is 88.9 Å². The highest BCUT2D eigenvalue weighted by molar-refractivity contribution is 6.21. The number of benzene rings is 4. The Morgan fingerprint density at radius 1 is 0.627 bits per heavy atom. The summed E-state index contributed by atoms with van der Waals surface area (Å²) < 4.78 is 11.1. The quantitative estimate of drug-likeness (QED) is 0.135. The fourth-order valence-corrected chi connectivity index (χ4v) is 7.79. The zero-order chi connectivity index (χ0) is 34.5. The van der Waals surface area contributed by atoms with E-state index in [0.29, 0.717) is 17.7 Å². The smallest absolute Gasteiger partial charge is 0.248 e. The van der Waals surface area contributed by atoms with Crippen molar-refractivity contribution in [2.75, 3.05) is 0 Å². The second kappa shape index (κ2) is 12.8. The first-order valence-corrected chi connectivity index (χ1v) is 18.1. The monoisotopic (exact) mass is 669 g/mol. The molecule has 0 saturated heterocycles. The van der Waals surface area contributed by atoms with E-state index in [0.717, 1.165) is 68.4 Å². The van der Waals surface area contributed by atoms with E-state index in [1.165, 1.54) is 47.5 Å². The minimum atomic E-state index is 0.485. The minimum Gasteiger partial charge on any atom is -0.416 e. The normalized spacial score (nSPS) is 12.6. The summed E-state index contributed by atoms with van der Waals surface area (Å²) in [6.45, 7) is 8.53. The molecule has 0 saturated carbocycles. The molecule has 1 atom stereocenters. The van der Waals surface area contributed by atoms with E-state index in [9.17, 15) is 0 Å². The van der Waals surface area contributed by atoms with Crippen molar-refractivity contribution in [2.24, 2.45) is 5.92 Å². The van der Waals surface area contributed by atoms with E-state index >= 15 is 0 Å². The van der Waals surface area contributed by atoms with Crippen molar-refractivity contribution >= 4 is 54.6 Å². The Hall–Kier alpha value is -5.89. The van der Waals surface area contributed by atoms with Crippen LogP contribution >= 0.6 is 0 Å². The van der Waals surface area contributed by atoms with Crippen LogP contribution < -0.4 is 0 Å². The number of rotatable bonds is 10. The maximum atomic E-state index is 6.32. The lowest BCUT2D eigenvalue weighted by Gasteiger charge is -2.17. The van der Waals surface area contributed by atoms with Crippen molar-refractivity contribution < 1.29 is 4.42 Å². The summed E-state index contributed by atoms with van der Waals surface area (Å²) in [6.07, 6.45) is 8.58. The molecule has 252 valence electrons. The van der Waals surface area contributed by atoms with Gasteiger partial charge in [-0.3, -0.25) is 9.97 Å². The minimum absolute atomic E-state index is 0.485. The maximum Gasteiger partial charge on any atom is 0.248 e. The van der Waals surface area contributed by atoms with Crippen LogP contribution in [0.3, 0.4) is 0 Å². The number of nitrogens with zero attached hydrogens (tertiary/aromatic N) is 7. The molecule has 1 unspecified atom stereocenters. The summed E-state index contributed by atoms with van der Waals surface area (Å²) in [5.41, 5.74) is 9.07. The van der Waals surface area contributed by atoms with Gasteiger partial charge in [0.25, 0.3) is 0 Å². The number of pyridine rings is 2. The Labute approximate surface area is 295 Å². The van der Waals surface area contributed by atoms with Gasteiger partial charge in [0, 0.05) is 74.8 Å². The van der Waals surface area contributed by atoms with E-state index < -0.39 is 0 Å². The van der Waals surface area contributed by atoms with Gasteiger partial charge in [-0.2, -0.15) is 0 Å². The molecule has 5 heterocycles. The molecular formula is C43H39N7O. The average Bonchev–Trinajstić information content (AvgIpc) is 3.92. The van der Waals surface area contributed by atoms with Crippen molar-refractivity contribution in [1.82, 2.24) is 34.3 Å². The molecule has 0 spiro atoms. The summed E-state index contributed by atoms with van der Waals surface area (Å²) >= 11 is 0. The molecule has 5 aromatic heterocycles. The summed E-state index contributed by atoms with van der Waals surface area (Å²) in [4.78, 5) is 14.6. The van der Waals surface area contributed by atoms with Crippen molar-refractivity contribution in [2.45, 2.75) is 59.5 Å². The molecule has 0 fully saturated rings. The van der Waals surface area contributed by atoms with Crippen LogP contribution in [0, 0.1) is 5.92 Å². The first-order chi connectivity index (χ1) is 25.2. The fourth-order valence-electron chi connectivity index (χ4n) is 7.79. The zero-order valence-corrected chi connectivity index (χ0v) is 29.2. The van der Waals surface area contributed by atoms with Crippen LogP contribution in [0.15, 0.2) is 108 Å². The molecule has 9 rings (SSSR count). The number of hydrogen-bond acceptors (Lipinski definition) is 6. The largest absolute Gasteiger partial charge is 0.416 e. The molecule has 8 heteroatoms. The molecule has 0 aliphatic carbocycles. The van der Waals surface area contributed by atoms with Crippen molar-refractivity contribution in [1.29, 1.82) is 0 Å². The molecule has 51 heavy (non-hydrogen) atoms. The molecule has 0 aliphatic rings. The van der Waals surface area contributed by atoms with Crippen molar-refractivity contribution in [3.63, 3.8) is 0 Å². The molecule has 4 aromatic carbocycles. The molecule has 0 bridgehead atoms. The SMILES string of the molecule is CCCCC(CC)Cn1c2ccccc2c2cc(-c3nnc(-c4ccc(-c5nc6c7cccnc7c7ncccc7c6n5CC)cc4)o3)ccc21. The Morgan fingerprint density at radius 2 is 1.29 bits per heavy atom. The van der Waals surface area contributed by atoms with Gasteiger partial charge in [0.15, 0.2) is 0 Å². The van der Waals surface area contributed by atoms with Gasteiger partial charge in [0.1, 0.15) is 5.82 Å². The molecular weight excluding hydrogens is 631 g/mol. The van der Waals surface area contributed by atoms with Crippen LogP contribution in [-0.2, 0) is 13.1 Å². The number of aryl methyl sites for hydroxylation is 1. The van der Waals surface area contributed by atoms with E-state index in [-0.39, 0.29) is 0 Å². The van der Waals surface area contributed by atoms with Gasteiger partial charge in [0.2, 0.25) is 11.8 Å². The zero-order valence-electron chi connectivity index (χ0n) is 29.2. The molecule has 8 nitrogen and oxygen atoms in total. The molecule has 0 radical (unpaired) electrons. The third kappa shape index (κ3) is 5.16. The fraction of sp³-hybridized carbons (Fsp3) is 0.233. The highest BCUT2D eigenvalue weighted by atomic mass is 16.4. The Morgan fingerprint density at radius 3 is 2.06 bits per heavy atom. The Balaban J connectivity index is 1.06. The molecule has 0 amide bonds. The van der Waals surface area contributed by atoms with E-state index in [2.05, 4.69) is 112 Å². The Kier molecular flexibility index (Phi) is 7.79.